The number of carbonyl (C=O) groups is 2. The Hall–Kier alpha value is -2.81. The quantitative estimate of drug-likeness (QED) is 0.0211. The number of allylic oxidation sites excluding steroid dienone is 14. The molecule has 2 unspecified atom stereocenters. The number of phosphoric ester groups is 1. The molecule has 0 aliphatic heterocycles. The van der Waals surface area contributed by atoms with Gasteiger partial charge >= 0.3 is 19.8 Å². The first kappa shape index (κ1) is 65.2. The molecule has 0 saturated carbocycles. The molecule has 0 aliphatic carbocycles. The van der Waals surface area contributed by atoms with Crippen molar-refractivity contribution in [3.05, 3.63) is 85.1 Å². The van der Waals surface area contributed by atoms with E-state index in [0.717, 1.165) is 103 Å². The Labute approximate surface area is 418 Å². The van der Waals surface area contributed by atoms with E-state index in [1.807, 2.05) is 21.1 Å². The van der Waals surface area contributed by atoms with Gasteiger partial charge in [0, 0.05) is 12.8 Å². The van der Waals surface area contributed by atoms with Crippen molar-refractivity contribution in [2.45, 2.75) is 225 Å². The summed E-state index contributed by atoms with van der Waals surface area (Å²) in [5.41, 5.74) is 0. The number of carbonyl (C=O) groups excluding carboxylic acids is 2. The first-order valence-corrected chi connectivity index (χ1v) is 28.8. The van der Waals surface area contributed by atoms with E-state index < -0.39 is 26.5 Å². The second kappa shape index (κ2) is 49.2. The highest BCUT2D eigenvalue weighted by Crippen LogP contribution is 2.43. The molecule has 0 aliphatic rings. The van der Waals surface area contributed by atoms with E-state index >= 15 is 0 Å². The predicted molar refractivity (Wildman–Crippen MR) is 289 cm³/mol. The normalized spacial score (nSPS) is 14.0. The lowest BCUT2D eigenvalue weighted by Crippen LogP contribution is -2.37. The molecule has 0 spiro atoms. The van der Waals surface area contributed by atoms with Crippen molar-refractivity contribution >= 4 is 19.8 Å². The molecule has 68 heavy (non-hydrogen) atoms. The third-order valence-electron chi connectivity index (χ3n) is 11.4. The highest BCUT2D eigenvalue weighted by molar-refractivity contribution is 7.47. The molecule has 392 valence electrons. The Morgan fingerprint density at radius 1 is 0.471 bits per heavy atom. The second-order valence-corrected chi connectivity index (χ2v) is 20.7. The van der Waals surface area contributed by atoms with E-state index in [-0.39, 0.29) is 32.0 Å². The van der Waals surface area contributed by atoms with E-state index in [4.69, 9.17) is 18.5 Å². The van der Waals surface area contributed by atoms with E-state index in [0.29, 0.717) is 17.4 Å². The molecule has 0 radical (unpaired) electrons. The molecule has 0 aromatic rings. The number of unbranched alkanes of at least 4 members (excludes halogenated alkanes) is 21. The van der Waals surface area contributed by atoms with Crippen LogP contribution in [0.5, 0.6) is 0 Å². The molecule has 0 amide bonds. The smallest absolute Gasteiger partial charge is 0.462 e. The topological polar surface area (TPSA) is 108 Å². The summed E-state index contributed by atoms with van der Waals surface area (Å²) in [5.74, 6) is -0.811. The summed E-state index contributed by atoms with van der Waals surface area (Å²) in [6, 6.07) is 0. The molecular formula is C58H103NO8P+. The van der Waals surface area contributed by atoms with Crippen LogP contribution in [0.15, 0.2) is 85.1 Å². The second-order valence-electron chi connectivity index (χ2n) is 19.2. The highest BCUT2D eigenvalue weighted by atomic mass is 31.2. The Kier molecular flexibility index (Phi) is 47.2. The zero-order valence-electron chi connectivity index (χ0n) is 44.3. The Morgan fingerprint density at radius 3 is 1.26 bits per heavy atom. The van der Waals surface area contributed by atoms with Gasteiger partial charge in [-0.1, -0.05) is 208 Å². The number of phosphoric acid groups is 1. The standard InChI is InChI=1S/C58H102NO8P/c1-6-8-10-12-14-16-18-19-20-21-22-23-24-25-26-27-28-29-30-31-32-33-34-35-36-37-38-39-41-43-45-47-49-51-58(61)67-56(55-66-68(62,63)65-53-52-59(3,4)5)54-64-57(60)50-48-46-44-42-40-17-15-13-11-9-7-2/h8,10,13-16,19-20,22-23,25-26,28-29,56H,6-7,9,11-12,17-18,21,24,27,30-55H2,1-5H3/p+1/b10-8-,15-13-,16-14-,20-19-,23-22-,26-25-,29-28-. The highest BCUT2D eigenvalue weighted by Gasteiger charge is 2.27. The largest absolute Gasteiger partial charge is 0.472 e. The van der Waals surface area contributed by atoms with Crippen molar-refractivity contribution in [3.63, 3.8) is 0 Å². The van der Waals surface area contributed by atoms with E-state index in [2.05, 4.69) is 98.9 Å². The summed E-state index contributed by atoms with van der Waals surface area (Å²) in [7, 11) is 1.47. The summed E-state index contributed by atoms with van der Waals surface area (Å²) in [5, 5.41) is 0. The van der Waals surface area contributed by atoms with Gasteiger partial charge in [-0.25, -0.2) is 4.57 Å². The molecule has 1 N–H and O–H groups in total. The van der Waals surface area contributed by atoms with Crippen LogP contribution in [0, 0.1) is 0 Å². The minimum Gasteiger partial charge on any atom is -0.462 e. The number of rotatable bonds is 49. The van der Waals surface area contributed by atoms with Gasteiger partial charge in [0.15, 0.2) is 6.10 Å². The zero-order chi connectivity index (χ0) is 49.9. The van der Waals surface area contributed by atoms with Gasteiger partial charge in [0.1, 0.15) is 19.8 Å². The average molecular weight is 973 g/mol. The van der Waals surface area contributed by atoms with Crippen LogP contribution in [0.4, 0.5) is 0 Å². The third-order valence-corrected chi connectivity index (χ3v) is 12.4. The van der Waals surface area contributed by atoms with Crippen LogP contribution < -0.4 is 0 Å². The van der Waals surface area contributed by atoms with Crippen LogP contribution in [0.1, 0.15) is 219 Å². The number of esters is 2. The van der Waals surface area contributed by atoms with Crippen molar-refractivity contribution in [1.29, 1.82) is 0 Å². The van der Waals surface area contributed by atoms with E-state index in [1.54, 1.807) is 0 Å². The van der Waals surface area contributed by atoms with Crippen LogP contribution in [0.3, 0.4) is 0 Å². The number of likely N-dealkylation sites (N-methyl/N-ethyl adjacent to an activating group) is 1. The molecule has 0 aromatic heterocycles. The molecule has 0 bridgehead atoms. The fourth-order valence-corrected chi connectivity index (χ4v) is 7.92. The molecule has 0 saturated heterocycles. The Bertz CT molecular complexity index is 1420. The molecule has 9 nitrogen and oxygen atoms in total. The molecular weight excluding hydrogens is 870 g/mol. The Morgan fingerprint density at radius 2 is 0.838 bits per heavy atom. The molecule has 2 atom stereocenters. The minimum absolute atomic E-state index is 0.0279. The minimum atomic E-state index is -4.38. The first-order valence-electron chi connectivity index (χ1n) is 27.3. The summed E-state index contributed by atoms with van der Waals surface area (Å²) >= 11 is 0. The lowest BCUT2D eigenvalue weighted by molar-refractivity contribution is -0.870. The summed E-state index contributed by atoms with van der Waals surface area (Å²) in [6.07, 6.45) is 65.2. The number of hydrogen-bond donors (Lipinski definition) is 1. The van der Waals surface area contributed by atoms with Gasteiger partial charge in [0.05, 0.1) is 27.7 Å². The van der Waals surface area contributed by atoms with Gasteiger partial charge in [0.25, 0.3) is 0 Å². The van der Waals surface area contributed by atoms with E-state index in [9.17, 15) is 19.0 Å². The maximum absolute atomic E-state index is 12.8. The summed E-state index contributed by atoms with van der Waals surface area (Å²) < 4.78 is 34.4. The lowest BCUT2D eigenvalue weighted by Gasteiger charge is -2.24. The maximum Gasteiger partial charge on any atom is 0.472 e. The first-order chi connectivity index (χ1) is 33.0. The predicted octanol–water partition coefficient (Wildman–Crippen LogP) is 16.7. The van der Waals surface area contributed by atoms with Crippen LogP contribution in [-0.2, 0) is 32.7 Å². The van der Waals surface area contributed by atoms with Gasteiger partial charge in [-0.05, 0) is 83.5 Å². The van der Waals surface area contributed by atoms with Crippen LogP contribution in [0.25, 0.3) is 0 Å². The van der Waals surface area contributed by atoms with Crippen LogP contribution >= 0.6 is 7.82 Å². The van der Waals surface area contributed by atoms with Crippen LogP contribution in [0.2, 0.25) is 0 Å². The zero-order valence-corrected chi connectivity index (χ0v) is 45.2. The number of quaternary nitrogens is 1. The fraction of sp³-hybridized carbons (Fsp3) is 0.724. The maximum atomic E-state index is 12.8. The Balaban J connectivity index is 4.06. The number of ether oxygens (including phenoxy) is 2. The number of hydrogen-bond acceptors (Lipinski definition) is 7. The summed E-state index contributed by atoms with van der Waals surface area (Å²) in [4.78, 5) is 35.5. The van der Waals surface area contributed by atoms with Gasteiger partial charge in [-0.15, -0.1) is 0 Å². The van der Waals surface area contributed by atoms with Crippen molar-refractivity contribution in [2.75, 3.05) is 47.5 Å². The van der Waals surface area contributed by atoms with Gasteiger partial charge in [-0.2, -0.15) is 0 Å². The fourth-order valence-electron chi connectivity index (χ4n) is 7.18. The van der Waals surface area contributed by atoms with Crippen molar-refractivity contribution in [1.82, 2.24) is 0 Å². The third kappa shape index (κ3) is 52.6. The SMILES string of the molecule is CC/C=C\C/C=C\C/C=C\C/C=C\C/C=C\C/C=C\CCCCCCCCCCCCCCCCC(=O)OC(COC(=O)CCCCCCC/C=C\CCCC)COP(=O)(O)OCC[N+](C)(C)C. The lowest BCUT2D eigenvalue weighted by atomic mass is 10.0. The van der Waals surface area contributed by atoms with Gasteiger partial charge in [0.2, 0.25) is 0 Å². The molecule has 10 heteroatoms. The molecule has 0 rings (SSSR count). The average Bonchev–Trinajstić information content (AvgIpc) is 3.30. The summed E-state index contributed by atoms with van der Waals surface area (Å²) in [6.45, 7) is 4.26. The van der Waals surface area contributed by atoms with Gasteiger partial charge in [-0.3, -0.25) is 18.6 Å². The van der Waals surface area contributed by atoms with Crippen molar-refractivity contribution in [3.8, 4) is 0 Å². The molecule has 0 fully saturated rings. The molecule has 0 heterocycles. The van der Waals surface area contributed by atoms with Gasteiger partial charge < -0.3 is 18.9 Å². The number of nitrogens with zero attached hydrogens (tertiary/aromatic N) is 1. The van der Waals surface area contributed by atoms with E-state index in [1.165, 1.54) is 83.5 Å². The van der Waals surface area contributed by atoms with Crippen molar-refractivity contribution in [2.24, 2.45) is 0 Å². The van der Waals surface area contributed by atoms with Crippen molar-refractivity contribution < 1.29 is 42.1 Å². The monoisotopic (exact) mass is 973 g/mol. The molecule has 0 aromatic carbocycles. The van der Waals surface area contributed by atoms with Crippen LogP contribution in [-0.4, -0.2) is 74.9 Å².